The average molecular weight is 262 g/mol. The van der Waals surface area contributed by atoms with Crippen LogP contribution in [0, 0.1) is 23.0 Å². The van der Waals surface area contributed by atoms with E-state index in [2.05, 4.69) is 4.98 Å². The van der Waals surface area contributed by atoms with Crippen molar-refractivity contribution < 1.29 is 18.3 Å². The van der Waals surface area contributed by atoms with Crippen LogP contribution in [0.1, 0.15) is 5.69 Å². The lowest BCUT2D eigenvalue weighted by Gasteiger charge is -2.08. The Kier molecular flexibility index (Phi) is 3.57. The van der Waals surface area contributed by atoms with Gasteiger partial charge in [-0.3, -0.25) is 0 Å². The van der Waals surface area contributed by atoms with Crippen LogP contribution in [0.4, 0.5) is 8.78 Å². The van der Waals surface area contributed by atoms with E-state index >= 15 is 0 Å². The molecule has 96 valence electrons. The fourth-order valence-corrected chi connectivity index (χ4v) is 1.41. The van der Waals surface area contributed by atoms with E-state index in [9.17, 15) is 8.78 Å². The predicted molar refractivity (Wildman–Crippen MR) is 61.9 cm³/mol. The third-order valence-corrected chi connectivity index (χ3v) is 2.30. The van der Waals surface area contributed by atoms with Crippen LogP contribution in [-0.2, 0) is 0 Å². The maximum atomic E-state index is 13.4. The van der Waals surface area contributed by atoms with E-state index in [0.717, 1.165) is 6.07 Å². The Hall–Kier alpha value is -2.68. The number of hydrogen-bond acceptors (Lipinski definition) is 4. The second-order valence-corrected chi connectivity index (χ2v) is 3.49. The molecule has 0 unspecified atom stereocenters. The van der Waals surface area contributed by atoms with Crippen molar-refractivity contribution in [1.29, 1.82) is 5.26 Å². The van der Waals surface area contributed by atoms with Crippen molar-refractivity contribution in [2.45, 2.75) is 0 Å². The van der Waals surface area contributed by atoms with E-state index in [1.54, 1.807) is 0 Å². The van der Waals surface area contributed by atoms with Crippen molar-refractivity contribution in [3.8, 4) is 23.3 Å². The smallest absolute Gasteiger partial charge is 0.201 e. The number of aromatic nitrogens is 1. The summed E-state index contributed by atoms with van der Waals surface area (Å²) in [5.41, 5.74) is 0.0783. The first-order valence-electron chi connectivity index (χ1n) is 5.21. The monoisotopic (exact) mass is 262 g/mol. The first-order chi connectivity index (χ1) is 9.15. The molecule has 2 rings (SSSR count). The zero-order chi connectivity index (χ0) is 13.8. The minimum Gasteiger partial charge on any atom is -0.494 e. The van der Waals surface area contributed by atoms with Gasteiger partial charge in [-0.25, -0.2) is 9.37 Å². The lowest BCUT2D eigenvalue weighted by molar-refractivity contribution is 0.395. The van der Waals surface area contributed by atoms with Crippen LogP contribution in [0.25, 0.3) is 0 Å². The molecule has 0 fully saturated rings. The molecule has 0 N–H and O–H groups in total. The molecule has 2 aromatic rings. The molecule has 0 amide bonds. The molecule has 1 aromatic heterocycles. The Balaban J connectivity index is 2.34. The highest BCUT2D eigenvalue weighted by Crippen LogP contribution is 2.28. The van der Waals surface area contributed by atoms with Gasteiger partial charge in [0.05, 0.1) is 13.3 Å². The summed E-state index contributed by atoms with van der Waals surface area (Å²) in [5.74, 6) is -2.04. The zero-order valence-corrected chi connectivity index (χ0v) is 9.85. The Bertz CT molecular complexity index is 654. The van der Waals surface area contributed by atoms with Crippen molar-refractivity contribution >= 4 is 0 Å². The van der Waals surface area contributed by atoms with E-state index in [1.165, 1.54) is 31.5 Å². The van der Waals surface area contributed by atoms with Gasteiger partial charge in [0.2, 0.25) is 5.82 Å². The van der Waals surface area contributed by atoms with Crippen LogP contribution < -0.4 is 9.47 Å². The van der Waals surface area contributed by atoms with Crippen LogP contribution in [0.5, 0.6) is 17.2 Å². The van der Waals surface area contributed by atoms with Crippen molar-refractivity contribution in [3.05, 3.63) is 47.8 Å². The molecule has 1 aromatic carbocycles. The number of nitrogens with zero attached hydrogens (tertiary/aromatic N) is 2. The Labute approximate surface area is 107 Å². The SMILES string of the molecule is COc1cc(Oc2cccc(F)c2F)cnc1C#N. The average Bonchev–Trinajstić information content (AvgIpc) is 2.43. The Morgan fingerprint density at radius 1 is 1.26 bits per heavy atom. The van der Waals surface area contributed by atoms with Crippen LogP contribution in [0.15, 0.2) is 30.5 Å². The number of rotatable bonds is 3. The summed E-state index contributed by atoms with van der Waals surface area (Å²) >= 11 is 0. The summed E-state index contributed by atoms with van der Waals surface area (Å²) in [6.45, 7) is 0. The van der Waals surface area contributed by atoms with E-state index in [4.69, 9.17) is 14.7 Å². The number of halogens is 2. The van der Waals surface area contributed by atoms with Crippen LogP contribution in [0.2, 0.25) is 0 Å². The van der Waals surface area contributed by atoms with Gasteiger partial charge in [0.25, 0.3) is 0 Å². The van der Waals surface area contributed by atoms with Crippen molar-refractivity contribution in [3.63, 3.8) is 0 Å². The van der Waals surface area contributed by atoms with Crippen LogP contribution in [-0.4, -0.2) is 12.1 Å². The number of methoxy groups -OCH3 is 1. The minimum atomic E-state index is -1.09. The van der Waals surface area contributed by atoms with Gasteiger partial charge < -0.3 is 9.47 Å². The lowest BCUT2D eigenvalue weighted by Crippen LogP contribution is -1.95. The quantitative estimate of drug-likeness (QED) is 0.853. The Morgan fingerprint density at radius 3 is 2.74 bits per heavy atom. The van der Waals surface area contributed by atoms with Gasteiger partial charge in [0, 0.05) is 6.07 Å². The molecule has 0 aliphatic heterocycles. The molecule has 0 radical (unpaired) electrons. The molecule has 19 heavy (non-hydrogen) atoms. The molecule has 0 atom stereocenters. The summed E-state index contributed by atoms with van der Waals surface area (Å²) in [5, 5.41) is 8.77. The number of pyridine rings is 1. The van der Waals surface area contributed by atoms with E-state index < -0.39 is 11.6 Å². The molecule has 0 saturated carbocycles. The number of nitriles is 1. The molecular formula is C13H8F2N2O2. The highest BCUT2D eigenvalue weighted by Gasteiger charge is 2.12. The van der Waals surface area contributed by atoms with Crippen molar-refractivity contribution in [1.82, 2.24) is 4.98 Å². The van der Waals surface area contributed by atoms with Crippen LogP contribution in [0.3, 0.4) is 0 Å². The van der Waals surface area contributed by atoms with Crippen molar-refractivity contribution in [2.75, 3.05) is 7.11 Å². The molecular weight excluding hydrogens is 254 g/mol. The lowest BCUT2D eigenvalue weighted by atomic mass is 10.3. The summed E-state index contributed by atoms with van der Waals surface area (Å²) in [6.07, 6.45) is 1.23. The summed E-state index contributed by atoms with van der Waals surface area (Å²) < 4.78 is 36.5. The predicted octanol–water partition coefficient (Wildman–Crippen LogP) is 3.03. The fraction of sp³-hybridized carbons (Fsp3) is 0.0769. The molecule has 1 heterocycles. The maximum absolute atomic E-state index is 13.4. The fourth-order valence-electron chi connectivity index (χ4n) is 1.41. The first kappa shape index (κ1) is 12.8. The highest BCUT2D eigenvalue weighted by molar-refractivity contribution is 5.43. The van der Waals surface area contributed by atoms with E-state index in [0.29, 0.717) is 0 Å². The number of ether oxygens (including phenoxy) is 2. The molecule has 4 nitrogen and oxygen atoms in total. The van der Waals surface area contributed by atoms with E-state index in [-0.39, 0.29) is 22.9 Å². The van der Waals surface area contributed by atoms with E-state index in [1.807, 2.05) is 6.07 Å². The normalized spacial score (nSPS) is 9.79. The first-order valence-corrected chi connectivity index (χ1v) is 5.21. The largest absolute Gasteiger partial charge is 0.494 e. The topological polar surface area (TPSA) is 55.1 Å². The van der Waals surface area contributed by atoms with Gasteiger partial charge in [0.15, 0.2) is 23.0 Å². The third-order valence-electron chi connectivity index (χ3n) is 2.30. The number of hydrogen-bond donors (Lipinski definition) is 0. The van der Waals surface area contributed by atoms with Gasteiger partial charge >= 0.3 is 0 Å². The molecule has 6 heteroatoms. The standard InChI is InChI=1S/C13H8F2N2O2/c1-18-12-5-8(7-17-10(12)6-16)19-11-4-2-3-9(14)13(11)15/h2-5,7H,1H3. The second-order valence-electron chi connectivity index (χ2n) is 3.49. The zero-order valence-electron chi connectivity index (χ0n) is 9.85. The summed E-state index contributed by atoms with van der Waals surface area (Å²) in [4.78, 5) is 3.79. The molecule has 0 aliphatic rings. The molecule has 0 saturated heterocycles. The second kappa shape index (κ2) is 5.31. The molecule has 0 spiro atoms. The summed E-state index contributed by atoms with van der Waals surface area (Å²) in [7, 11) is 1.37. The molecule has 0 aliphatic carbocycles. The van der Waals surface area contributed by atoms with Crippen LogP contribution >= 0.6 is 0 Å². The van der Waals surface area contributed by atoms with Gasteiger partial charge in [-0.1, -0.05) is 6.07 Å². The van der Waals surface area contributed by atoms with Gasteiger partial charge in [-0.05, 0) is 12.1 Å². The minimum absolute atomic E-state index is 0.0783. The van der Waals surface area contributed by atoms with Crippen molar-refractivity contribution in [2.24, 2.45) is 0 Å². The van der Waals surface area contributed by atoms with Gasteiger partial charge in [-0.2, -0.15) is 9.65 Å². The summed E-state index contributed by atoms with van der Waals surface area (Å²) in [6, 6.07) is 6.79. The highest BCUT2D eigenvalue weighted by atomic mass is 19.2. The molecule has 0 bridgehead atoms. The van der Waals surface area contributed by atoms with Gasteiger partial charge in [-0.15, -0.1) is 0 Å². The number of benzene rings is 1. The Morgan fingerprint density at radius 2 is 2.05 bits per heavy atom. The third kappa shape index (κ3) is 2.60. The van der Waals surface area contributed by atoms with Gasteiger partial charge in [0.1, 0.15) is 11.8 Å². The maximum Gasteiger partial charge on any atom is 0.201 e.